The van der Waals surface area contributed by atoms with Crippen molar-refractivity contribution in [3.63, 3.8) is 0 Å². The molecule has 0 aliphatic heterocycles. The van der Waals surface area contributed by atoms with Crippen molar-refractivity contribution in [1.82, 2.24) is 28.9 Å². The third kappa shape index (κ3) is 5.15. The molecule has 0 atom stereocenters. The van der Waals surface area contributed by atoms with E-state index in [2.05, 4.69) is 29.2 Å². The number of fused-ring (bicyclic) bond motifs is 1. The summed E-state index contributed by atoms with van der Waals surface area (Å²) in [5.41, 5.74) is 0.863. The number of carbonyl (C=O) groups excluding carboxylic acids is 1. The van der Waals surface area contributed by atoms with E-state index in [0.717, 1.165) is 30.8 Å². The summed E-state index contributed by atoms with van der Waals surface area (Å²) in [6.07, 6.45) is 6.51. The lowest BCUT2D eigenvalue weighted by molar-refractivity contribution is -0.116. The second-order valence-corrected chi connectivity index (χ2v) is 9.82. The molecule has 0 saturated heterocycles. The number of nitrogens with zero attached hydrogens (tertiary/aromatic N) is 5. The van der Waals surface area contributed by atoms with E-state index in [9.17, 15) is 14.4 Å². The number of nitrogens with one attached hydrogen (secondary N) is 2. The van der Waals surface area contributed by atoms with Gasteiger partial charge < -0.3 is 9.88 Å². The molecule has 1 fully saturated rings. The van der Waals surface area contributed by atoms with Crippen LogP contribution in [0.4, 0.5) is 5.82 Å². The molecule has 2 N–H and O–H groups in total. The summed E-state index contributed by atoms with van der Waals surface area (Å²) >= 11 is 0. The number of amides is 1. The second kappa shape index (κ2) is 9.99. The Morgan fingerprint density at radius 3 is 2.71 bits per heavy atom. The topological polar surface area (TPSA) is 120 Å². The SMILES string of the molecule is CCCCn1c(=O)[nH]c(=O)c2c1nc(CCC(=O)Nc1c(C)cnn1CC1CC1)n2CC(C)C. The molecule has 4 rings (SSSR count). The normalized spacial score (nSPS) is 13.8. The predicted octanol–water partition coefficient (Wildman–Crippen LogP) is 2.83. The first kappa shape index (κ1) is 24.0. The first-order valence-corrected chi connectivity index (χ1v) is 12.3. The van der Waals surface area contributed by atoms with Crippen molar-refractivity contribution in [2.45, 2.75) is 85.9 Å². The van der Waals surface area contributed by atoms with Crippen molar-refractivity contribution in [3.05, 3.63) is 38.4 Å². The molecule has 3 heterocycles. The minimum Gasteiger partial charge on any atom is -0.322 e. The van der Waals surface area contributed by atoms with Crippen LogP contribution in [0.3, 0.4) is 0 Å². The molecule has 1 saturated carbocycles. The number of rotatable bonds is 11. The standard InChI is InChI=1S/C24H35N7O3/c1-5-6-11-29-22-20(23(33)28-24(29)34)30(13-15(2)3)18(26-22)9-10-19(32)27-21-16(4)12-25-31(21)14-17-7-8-17/h12,15,17H,5-11,13-14H2,1-4H3,(H,27,32)(H,28,33,34). The number of carbonyl (C=O) groups is 1. The van der Waals surface area contributed by atoms with Crippen LogP contribution in [0.5, 0.6) is 0 Å². The van der Waals surface area contributed by atoms with Crippen LogP contribution in [0, 0.1) is 18.8 Å². The van der Waals surface area contributed by atoms with Gasteiger partial charge in [-0.1, -0.05) is 27.2 Å². The van der Waals surface area contributed by atoms with Gasteiger partial charge in [0.2, 0.25) is 5.91 Å². The van der Waals surface area contributed by atoms with Crippen molar-refractivity contribution >= 4 is 22.9 Å². The third-order valence-electron chi connectivity index (χ3n) is 6.23. The Morgan fingerprint density at radius 1 is 1.26 bits per heavy atom. The summed E-state index contributed by atoms with van der Waals surface area (Å²) < 4.78 is 5.29. The van der Waals surface area contributed by atoms with Crippen LogP contribution in [0.1, 0.15) is 64.3 Å². The number of aromatic nitrogens is 6. The van der Waals surface area contributed by atoms with Gasteiger partial charge in [0.15, 0.2) is 11.2 Å². The van der Waals surface area contributed by atoms with Crippen LogP contribution < -0.4 is 16.6 Å². The number of hydrogen-bond acceptors (Lipinski definition) is 5. The van der Waals surface area contributed by atoms with E-state index in [1.54, 1.807) is 10.8 Å². The number of imidazole rings is 1. The number of unbranched alkanes of at least 4 members (excludes halogenated alkanes) is 1. The van der Waals surface area contributed by atoms with E-state index in [-0.39, 0.29) is 18.2 Å². The Morgan fingerprint density at radius 2 is 2.03 bits per heavy atom. The quantitative estimate of drug-likeness (QED) is 0.447. The molecule has 0 radical (unpaired) electrons. The molecule has 0 unspecified atom stereocenters. The zero-order valence-corrected chi connectivity index (χ0v) is 20.6. The summed E-state index contributed by atoms with van der Waals surface area (Å²) in [4.78, 5) is 45.2. The van der Waals surface area contributed by atoms with E-state index in [0.29, 0.717) is 42.4 Å². The number of hydrogen-bond donors (Lipinski definition) is 2. The number of aryl methyl sites for hydroxylation is 3. The highest BCUT2D eigenvalue weighted by Crippen LogP contribution is 2.32. The Bertz CT molecular complexity index is 1290. The summed E-state index contributed by atoms with van der Waals surface area (Å²) in [6.45, 7) is 10.0. The number of anilines is 1. The van der Waals surface area contributed by atoms with Gasteiger partial charge in [-0.05, 0) is 38.0 Å². The average molecular weight is 470 g/mol. The van der Waals surface area contributed by atoms with Gasteiger partial charge in [0, 0.05) is 38.0 Å². The van der Waals surface area contributed by atoms with Crippen LogP contribution in [-0.2, 0) is 30.8 Å². The van der Waals surface area contributed by atoms with E-state index < -0.39 is 11.2 Å². The van der Waals surface area contributed by atoms with Crippen LogP contribution in [0.2, 0.25) is 0 Å². The van der Waals surface area contributed by atoms with Crippen molar-refractivity contribution < 1.29 is 4.79 Å². The Labute approximate surface area is 198 Å². The maximum Gasteiger partial charge on any atom is 0.330 e. The summed E-state index contributed by atoms with van der Waals surface area (Å²) in [6, 6.07) is 0. The maximum atomic E-state index is 12.9. The molecule has 1 aliphatic rings. The minimum atomic E-state index is -0.441. The molecule has 10 nitrogen and oxygen atoms in total. The smallest absolute Gasteiger partial charge is 0.322 e. The van der Waals surface area contributed by atoms with Gasteiger partial charge in [-0.25, -0.2) is 14.5 Å². The molecule has 1 amide bonds. The van der Waals surface area contributed by atoms with Gasteiger partial charge in [-0.3, -0.25) is 19.1 Å². The fourth-order valence-electron chi connectivity index (χ4n) is 4.24. The van der Waals surface area contributed by atoms with Gasteiger partial charge in [-0.2, -0.15) is 5.10 Å². The van der Waals surface area contributed by atoms with Crippen molar-refractivity contribution in [2.24, 2.45) is 11.8 Å². The molecule has 0 spiro atoms. The number of H-pyrrole nitrogens is 1. The van der Waals surface area contributed by atoms with Gasteiger partial charge in [0.25, 0.3) is 5.56 Å². The van der Waals surface area contributed by atoms with Crippen molar-refractivity contribution in [1.29, 1.82) is 0 Å². The molecular formula is C24H35N7O3. The Hall–Kier alpha value is -3.17. The van der Waals surface area contributed by atoms with E-state index in [1.807, 2.05) is 23.1 Å². The number of aromatic amines is 1. The molecule has 3 aromatic rings. The fourth-order valence-corrected chi connectivity index (χ4v) is 4.24. The van der Waals surface area contributed by atoms with E-state index in [1.165, 1.54) is 12.8 Å². The lowest BCUT2D eigenvalue weighted by atomic mass is 10.2. The molecule has 10 heteroatoms. The summed E-state index contributed by atoms with van der Waals surface area (Å²) in [5, 5.41) is 7.43. The summed E-state index contributed by atoms with van der Waals surface area (Å²) in [7, 11) is 0. The Balaban J connectivity index is 1.59. The largest absolute Gasteiger partial charge is 0.330 e. The molecule has 1 aliphatic carbocycles. The van der Waals surface area contributed by atoms with E-state index >= 15 is 0 Å². The van der Waals surface area contributed by atoms with Crippen LogP contribution in [0.15, 0.2) is 15.8 Å². The van der Waals surface area contributed by atoms with Crippen LogP contribution >= 0.6 is 0 Å². The Kier molecular flexibility index (Phi) is 7.04. The fraction of sp³-hybridized carbons (Fsp3) is 0.625. The summed E-state index contributed by atoms with van der Waals surface area (Å²) in [5.74, 6) is 2.18. The lowest BCUT2D eigenvalue weighted by Gasteiger charge is -2.12. The first-order valence-electron chi connectivity index (χ1n) is 12.3. The zero-order chi connectivity index (χ0) is 24.4. The lowest BCUT2D eigenvalue weighted by Crippen LogP contribution is -2.31. The predicted molar refractivity (Wildman–Crippen MR) is 131 cm³/mol. The van der Waals surface area contributed by atoms with Crippen LogP contribution in [0.25, 0.3) is 11.2 Å². The molecule has 3 aromatic heterocycles. The zero-order valence-electron chi connectivity index (χ0n) is 20.6. The average Bonchev–Trinajstić information content (AvgIpc) is 3.44. The highest BCUT2D eigenvalue weighted by molar-refractivity contribution is 5.90. The molecular weight excluding hydrogens is 434 g/mol. The third-order valence-corrected chi connectivity index (χ3v) is 6.23. The highest BCUT2D eigenvalue weighted by atomic mass is 16.2. The molecule has 0 aromatic carbocycles. The molecule has 184 valence electrons. The van der Waals surface area contributed by atoms with Gasteiger partial charge >= 0.3 is 5.69 Å². The van der Waals surface area contributed by atoms with Crippen LogP contribution in [-0.4, -0.2) is 34.8 Å². The van der Waals surface area contributed by atoms with Crippen molar-refractivity contribution in [2.75, 3.05) is 5.32 Å². The monoisotopic (exact) mass is 469 g/mol. The van der Waals surface area contributed by atoms with Crippen molar-refractivity contribution in [3.8, 4) is 0 Å². The van der Waals surface area contributed by atoms with Gasteiger partial charge in [0.05, 0.1) is 6.20 Å². The minimum absolute atomic E-state index is 0.124. The first-order chi connectivity index (χ1) is 16.3. The molecule has 0 bridgehead atoms. The van der Waals surface area contributed by atoms with Gasteiger partial charge in [-0.15, -0.1) is 0 Å². The maximum absolute atomic E-state index is 12.9. The molecule has 34 heavy (non-hydrogen) atoms. The van der Waals surface area contributed by atoms with E-state index in [4.69, 9.17) is 4.98 Å². The van der Waals surface area contributed by atoms with Gasteiger partial charge in [0.1, 0.15) is 11.6 Å². The second-order valence-electron chi connectivity index (χ2n) is 9.82. The highest BCUT2D eigenvalue weighted by Gasteiger charge is 2.24.